The normalized spacial score (nSPS) is 27.8. The Morgan fingerprint density at radius 2 is 2.04 bits per heavy atom. The summed E-state index contributed by atoms with van der Waals surface area (Å²) in [5, 5.41) is 3.78. The quantitative estimate of drug-likeness (QED) is 0.367. The highest BCUT2D eigenvalue weighted by atomic mass is 19.3. The van der Waals surface area contributed by atoms with Crippen LogP contribution in [0.2, 0.25) is 0 Å². The second kappa shape index (κ2) is 11.3. The van der Waals surface area contributed by atoms with Crippen molar-refractivity contribution in [1.82, 2.24) is 30.2 Å². The summed E-state index contributed by atoms with van der Waals surface area (Å²) >= 11 is 0. The number of piperazine rings is 1. The van der Waals surface area contributed by atoms with Crippen LogP contribution in [0.4, 0.5) is 29.2 Å². The van der Waals surface area contributed by atoms with E-state index in [0.29, 0.717) is 31.9 Å². The van der Waals surface area contributed by atoms with Gasteiger partial charge in [0, 0.05) is 32.1 Å². The van der Waals surface area contributed by atoms with Crippen molar-refractivity contribution in [3.8, 4) is 28.9 Å². The minimum absolute atomic E-state index is 0.0290. The summed E-state index contributed by atoms with van der Waals surface area (Å²) in [6.07, 6.45) is 1.47. The second-order valence-corrected chi connectivity index (χ2v) is 12.4. The Hall–Kier alpha value is -3.72. The summed E-state index contributed by atoms with van der Waals surface area (Å²) < 4.78 is 75.6. The largest absolute Gasteiger partial charge is 0.472 e. The van der Waals surface area contributed by atoms with E-state index in [0.717, 1.165) is 25.8 Å². The predicted molar refractivity (Wildman–Crippen MR) is 158 cm³/mol. The molecule has 0 radical (unpaired) electrons. The third-order valence-corrected chi connectivity index (χ3v) is 9.59. The standard InChI is InChI=1S/C30H36F4N8O3/c1-4-18-24-15(3)44-27-20-23(21(32)22(38-27)17-10-19(35)37-14(2)25(17)45-28(33)34)39-29(40-26(20)42(24)9-7-36-18)43-13-30-6-5-8-41(30)12-16(31)11-30/h10,15-16,18,24,28,36H,4-9,11-13H2,1-3H3,(H2,35,37)/t15-,16+,18-,24+,30-/m0/s1. The number of hydrogen-bond acceptors (Lipinski definition) is 11. The van der Waals surface area contributed by atoms with E-state index in [-0.39, 0.29) is 70.0 Å². The van der Waals surface area contributed by atoms with E-state index in [1.54, 1.807) is 0 Å². The average Bonchev–Trinajstić information content (AvgIpc) is 3.49. The number of nitrogen functional groups attached to an aromatic ring is 1. The van der Waals surface area contributed by atoms with Crippen LogP contribution in [0.25, 0.3) is 22.2 Å². The molecule has 0 aromatic carbocycles. The summed E-state index contributed by atoms with van der Waals surface area (Å²) in [5.41, 5.74) is 4.92. The number of halogens is 4. The van der Waals surface area contributed by atoms with Gasteiger partial charge in [-0.1, -0.05) is 6.92 Å². The molecular weight excluding hydrogens is 596 g/mol. The number of nitrogens with zero attached hydrogens (tertiary/aromatic N) is 6. The molecule has 5 atom stereocenters. The third-order valence-electron chi connectivity index (χ3n) is 9.59. The molecule has 3 fully saturated rings. The fourth-order valence-electron chi connectivity index (χ4n) is 7.70. The van der Waals surface area contributed by atoms with Gasteiger partial charge in [0.25, 0.3) is 0 Å². The molecule has 3 N–H and O–H groups in total. The number of ether oxygens (including phenoxy) is 3. The molecule has 11 nitrogen and oxygen atoms in total. The van der Waals surface area contributed by atoms with Crippen LogP contribution in [0.15, 0.2) is 6.07 Å². The molecule has 4 aliphatic rings. The van der Waals surface area contributed by atoms with E-state index >= 15 is 4.39 Å². The first-order valence-corrected chi connectivity index (χ1v) is 15.4. The van der Waals surface area contributed by atoms with Crippen molar-refractivity contribution in [2.45, 2.75) is 83.0 Å². The van der Waals surface area contributed by atoms with Crippen LogP contribution in [-0.4, -0.2) is 94.1 Å². The highest BCUT2D eigenvalue weighted by Gasteiger charge is 2.49. The molecule has 45 heavy (non-hydrogen) atoms. The van der Waals surface area contributed by atoms with Crippen LogP contribution >= 0.6 is 0 Å². The summed E-state index contributed by atoms with van der Waals surface area (Å²) in [7, 11) is 0. The topological polar surface area (TPSA) is 124 Å². The summed E-state index contributed by atoms with van der Waals surface area (Å²) in [6, 6.07) is 0.993. The summed E-state index contributed by atoms with van der Waals surface area (Å²) in [6.45, 7) is 4.70. The van der Waals surface area contributed by atoms with Crippen molar-refractivity contribution in [2.75, 3.05) is 43.4 Å². The minimum atomic E-state index is -3.20. The number of aromatic nitrogens is 4. The monoisotopic (exact) mass is 632 g/mol. The van der Waals surface area contributed by atoms with Crippen molar-refractivity contribution in [3.63, 3.8) is 0 Å². The zero-order valence-electron chi connectivity index (χ0n) is 25.3. The number of nitrogens with two attached hydrogens (primary N) is 1. The molecule has 3 saturated heterocycles. The van der Waals surface area contributed by atoms with E-state index in [1.807, 2.05) is 6.92 Å². The maximum absolute atomic E-state index is 16.8. The number of nitrogens with one attached hydrogen (secondary N) is 1. The number of alkyl halides is 3. The van der Waals surface area contributed by atoms with Crippen LogP contribution < -0.4 is 30.2 Å². The van der Waals surface area contributed by atoms with Crippen molar-refractivity contribution in [2.24, 2.45) is 0 Å². The lowest BCUT2D eigenvalue weighted by Crippen LogP contribution is -2.62. The van der Waals surface area contributed by atoms with Crippen LogP contribution in [0.1, 0.15) is 45.2 Å². The Labute approximate surface area is 257 Å². The Bertz CT molecular complexity index is 1630. The van der Waals surface area contributed by atoms with Crippen molar-refractivity contribution < 1.29 is 31.8 Å². The fraction of sp³-hybridized carbons (Fsp3) is 0.600. The molecule has 0 bridgehead atoms. The van der Waals surface area contributed by atoms with Gasteiger partial charge >= 0.3 is 12.6 Å². The van der Waals surface area contributed by atoms with Crippen LogP contribution in [-0.2, 0) is 0 Å². The van der Waals surface area contributed by atoms with E-state index < -0.39 is 30.2 Å². The van der Waals surface area contributed by atoms with Crippen LogP contribution in [0, 0.1) is 12.7 Å². The number of pyridine rings is 2. The summed E-state index contributed by atoms with van der Waals surface area (Å²) in [5.74, 6) is -0.849. The van der Waals surface area contributed by atoms with Gasteiger partial charge in [0.15, 0.2) is 11.6 Å². The van der Waals surface area contributed by atoms with Crippen molar-refractivity contribution in [3.05, 3.63) is 17.6 Å². The van der Waals surface area contributed by atoms with Crippen LogP contribution in [0.5, 0.6) is 17.6 Å². The van der Waals surface area contributed by atoms with Gasteiger partial charge in [-0.15, -0.1) is 0 Å². The van der Waals surface area contributed by atoms with E-state index in [2.05, 4.69) is 37.0 Å². The second-order valence-electron chi connectivity index (χ2n) is 12.4. The Morgan fingerprint density at radius 3 is 2.82 bits per heavy atom. The van der Waals surface area contributed by atoms with Gasteiger partial charge in [-0.3, -0.25) is 4.90 Å². The summed E-state index contributed by atoms with van der Waals surface area (Å²) in [4.78, 5) is 22.1. The molecule has 3 aromatic rings. The van der Waals surface area contributed by atoms with E-state index in [4.69, 9.17) is 24.9 Å². The zero-order valence-corrected chi connectivity index (χ0v) is 25.3. The van der Waals surface area contributed by atoms with Crippen molar-refractivity contribution in [1.29, 1.82) is 0 Å². The fourth-order valence-corrected chi connectivity index (χ4v) is 7.70. The number of rotatable bonds is 7. The van der Waals surface area contributed by atoms with Gasteiger partial charge in [-0.25, -0.2) is 18.7 Å². The molecule has 0 amide bonds. The molecular formula is C30H36F4N8O3. The van der Waals surface area contributed by atoms with Gasteiger partial charge in [0.1, 0.15) is 47.1 Å². The SMILES string of the molecule is CC[C@@H]1NCCN2c3nc(OC[C@@]45CCCN4C[C@H](F)C5)nc4c(F)c(-c5cc(N)nc(C)c5OC(F)F)nc(c34)O[C@@H](C)[C@H]12. The molecule has 7 rings (SSSR count). The number of fused-ring (bicyclic) bond motifs is 3. The lowest BCUT2D eigenvalue weighted by Gasteiger charge is -2.43. The molecule has 4 aliphatic heterocycles. The molecule has 0 spiro atoms. The Morgan fingerprint density at radius 1 is 1.22 bits per heavy atom. The highest BCUT2D eigenvalue weighted by molar-refractivity contribution is 5.97. The zero-order chi connectivity index (χ0) is 31.6. The third kappa shape index (κ3) is 5.03. The molecule has 0 saturated carbocycles. The first-order chi connectivity index (χ1) is 21.6. The highest BCUT2D eigenvalue weighted by Crippen LogP contribution is 2.45. The molecule has 15 heteroatoms. The molecule has 0 aliphatic carbocycles. The van der Waals surface area contributed by atoms with Gasteiger partial charge in [-0.05, 0) is 45.7 Å². The maximum atomic E-state index is 16.8. The lowest BCUT2D eigenvalue weighted by atomic mass is 9.95. The maximum Gasteiger partial charge on any atom is 0.387 e. The van der Waals surface area contributed by atoms with Gasteiger partial charge < -0.3 is 30.2 Å². The Kier molecular flexibility index (Phi) is 7.50. The first-order valence-electron chi connectivity index (χ1n) is 15.4. The molecule has 242 valence electrons. The van der Waals surface area contributed by atoms with Gasteiger partial charge in [0.05, 0.1) is 22.8 Å². The van der Waals surface area contributed by atoms with E-state index in [1.165, 1.54) is 13.0 Å². The van der Waals surface area contributed by atoms with E-state index in [9.17, 15) is 13.2 Å². The average molecular weight is 633 g/mol. The minimum Gasteiger partial charge on any atom is -0.472 e. The first kappa shape index (κ1) is 30.0. The number of hydrogen-bond donors (Lipinski definition) is 2. The molecule has 3 aromatic heterocycles. The van der Waals surface area contributed by atoms with Crippen molar-refractivity contribution >= 4 is 22.5 Å². The van der Waals surface area contributed by atoms with Crippen LogP contribution in [0.3, 0.4) is 0 Å². The van der Waals surface area contributed by atoms with Gasteiger partial charge in [0.2, 0.25) is 5.88 Å². The smallest absolute Gasteiger partial charge is 0.387 e. The lowest BCUT2D eigenvalue weighted by molar-refractivity contribution is -0.0501. The number of aryl methyl sites for hydroxylation is 1. The molecule has 0 unspecified atom stereocenters. The molecule has 7 heterocycles. The number of anilines is 2. The predicted octanol–water partition coefficient (Wildman–Crippen LogP) is 4.01. The van der Waals surface area contributed by atoms with Gasteiger partial charge in [-0.2, -0.15) is 18.7 Å². The Balaban J connectivity index is 1.41.